The number of carbonyl (C=O) groups is 2. The minimum Gasteiger partial charge on any atom is -0.356 e. The molecule has 0 spiro atoms. The molecule has 4 aromatic carbocycles. The van der Waals surface area contributed by atoms with Crippen molar-refractivity contribution in [2.75, 3.05) is 36.0 Å². The van der Waals surface area contributed by atoms with Gasteiger partial charge in [0.1, 0.15) is 11.6 Å². The number of pyridine rings is 2. The van der Waals surface area contributed by atoms with Crippen LogP contribution in [0.2, 0.25) is 25.1 Å². The van der Waals surface area contributed by atoms with Gasteiger partial charge in [0.05, 0.1) is 15.6 Å². The topological polar surface area (TPSA) is 90.5 Å². The lowest BCUT2D eigenvalue weighted by molar-refractivity contribution is 0.0922. The highest BCUT2D eigenvalue weighted by Crippen LogP contribution is 2.32. The van der Waals surface area contributed by atoms with Crippen molar-refractivity contribution in [1.29, 1.82) is 0 Å². The molecule has 0 atom stereocenters. The number of fused-ring (bicyclic) bond motifs is 2. The fourth-order valence-corrected chi connectivity index (χ4v) is 8.58. The zero-order chi connectivity index (χ0) is 39.3. The van der Waals surface area contributed by atoms with E-state index in [2.05, 4.69) is 30.4 Å². The number of amides is 2. The van der Waals surface area contributed by atoms with E-state index in [1.54, 1.807) is 6.20 Å². The van der Waals surface area contributed by atoms with Crippen molar-refractivity contribution in [3.63, 3.8) is 0 Å². The number of carbonyl (C=O) groups excluding carboxylic acids is 2. The molecule has 0 saturated carbocycles. The highest BCUT2D eigenvalue weighted by Gasteiger charge is 2.26. The predicted molar refractivity (Wildman–Crippen MR) is 232 cm³/mol. The molecule has 288 valence electrons. The van der Waals surface area contributed by atoms with Crippen LogP contribution in [0.15, 0.2) is 97.3 Å². The molecule has 6 aromatic rings. The molecule has 2 aliphatic rings. The number of benzene rings is 4. The molecule has 8 nitrogen and oxygen atoms in total. The van der Waals surface area contributed by atoms with E-state index in [1.807, 2.05) is 85.9 Å². The van der Waals surface area contributed by atoms with Gasteiger partial charge in [0, 0.05) is 82.1 Å². The summed E-state index contributed by atoms with van der Waals surface area (Å²) in [5.41, 5.74) is 2.13. The molecule has 2 aromatic heterocycles. The third-order valence-corrected chi connectivity index (χ3v) is 11.5. The van der Waals surface area contributed by atoms with Crippen LogP contribution in [0.5, 0.6) is 0 Å². The Kier molecular flexibility index (Phi) is 12.7. The SMILES string of the molecule is Cc1ccc(C(=O)NC2CCN(c3nccc4cc(Cl)ccc34)CC2)cc1.O=C(NC1CCN(c2nccc3cc(Cl)ccc23)CC1)c1c(Cl)cc(Cl)cc1Cl. The number of hydrogen-bond donors (Lipinski definition) is 2. The fourth-order valence-electron chi connectivity index (χ4n) is 7.23. The summed E-state index contributed by atoms with van der Waals surface area (Å²) in [7, 11) is 0. The van der Waals surface area contributed by atoms with Gasteiger partial charge < -0.3 is 20.4 Å². The van der Waals surface area contributed by atoms with Gasteiger partial charge in [-0.15, -0.1) is 0 Å². The molecular formula is C43H39Cl5N6O2. The van der Waals surface area contributed by atoms with Gasteiger partial charge in [-0.05, 0) is 116 Å². The molecule has 0 aliphatic carbocycles. The maximum atomic E-state index is 12.7. The van der Waals surface area contributed by atoms with Crippen LogP contribution in [0, 0.1) is 6.92 Å². The molecule has 0 bridgehead atoms. The standard InChI is InChI=1S/C22H22ClN3O.C21H17Cl4N3O/c1-15-2-4-16(5-3-15)22(27)25-19-9-12-26(13-10-19)21-20-7-6-18(23)14-17(20)8-11-24-21;22-13-1-2-16-12(9-13)3-6-26-20(16)28-7-4-15(5-8-28)27-21(29)19-17(24)10-14(23)11-18(19)25/h2-8,11,14,19H,9-10,12-13H2,1H3,(H,25,27);1-3,6,9-11,15H,4-5,7-8H2,(H,27,29). The van der Waals surface area contributed by atoms with E-state index in [0.717, 1.165) is 101 Å². The largest absolute Gasteiger partial charge is 0.356 e. The Hall–Kier alpha value is -4.31. The van der Waals surface area contributed by atoms with Crippen molar-refractivity contribution in [3.05, 3.63) is 139 Å². The van der Waals surface area contributed by atoms with Crippen molar-refractivity contribution in [1.82, 2.24) is 20.6 Å². The van der Waals surface area contributed by atoms with Crippen molar-refractivity contribution in [3.8, 4) is 0 Å². The second-order valence-electron chi connectivity index (χ2n) is 14.1. The van der Waals surface area contributed by atoms with Crippen molar-refractivity contribution >= 4 is 103 Å². The monoisotopic (exact) mass is 846 g/mol. The summed E-state index contributed by atoms with van der Waals surface area (Å²) in [5.74, 6) is 1.65. The van der Waals surface area contributed by atoms with E-state index in [4.69, 9.17) is 58.0 Å². The third-order valence-electron chi connectivity index (χ3n) is 10.2. The molecule has 2 aliphatic heterocycles. The van der Waals surface area contributed by atoms with Gasteiger partial charge in [0.25, 0.3) is 11.8 Å². The first-order valence-electron chi connectivity index (χ1n) is 18.4. The van der Waals surface area contributed by atoms with Crippen molar-refractivity contribution < 1.29 is 9.59 Å². The van der Waals surface area contributed by atoms with Crippen LogP contribution in [0.4, 0.5) is 11.6 Å². The van der Waals surface area contributed by atoms with Crippen LogP contribution in [-0.4, -0.2) is 60.0 Å². The summed E-state index contributed by atoms with van der Waals surface area (Å²) in [6.07, 6.45) is 7.03. The Bertz CT molecular complexity index is 2360. The normalized spacial score (nSPS) is 15.0. The molecule has 2 fully saturated rings. The number of anilines is 2. The number of hydrogen-bond acceptors (Lipinski definition) is 6. The second kappa shape index (κ2) is 17.9. The van der Waals surface area contributed by atoms with Gasteiger partial charge in [0.15, 0.2) is 0 Å². The lowest BCUT2D eigenvalue weighted by atomic mass is 10.0. The first-order valence-corrected chi connectivity index (χ1v) is 20.3. The predicted octanol–water partition coefficient (Wildman–Crippen LogP) is 10.8. The Morgan fingerprint density at radius 3 is 1.48 bits per heavy atom. The maximum absolute atomic E-state index is 12.7. The number of nitrogens with zero attached hydrogens (tertiary/aromatic N) is 4. The number of aryl methyl sites for hydroxylation is 1. The maximum Gasteiger partial charge on any atom is 0.254 e. The highest BCUT2D eigenvalue weighted by atomic mass is 35.5. The average Bonchev–Trinajstić information content (AvgIpc) is 3.18. The molecular weight excluding hydrogens is 810 g/mol. The molecule has 56 heavy (non-hydrogen) atoms. The first-order chi connectivity index (χ1) is 27.0. The van der Waals surface area contributed by atoms with E-state index in [-0.39, 0.29) is 39.5 Å². The van der Waals surface area contributed by atoms with Crippen LogP contribution in [0.3, 0.4) is 0 Å². The van der Waals surface area contributed by atoms with Gasteiger partial charge in [0.2, 0.25) is 0 Å². The smallest absolute Gasteiger partial charge is 0.254 e. The van der Waals surface area contributed by atoms with E-state index in [9.17, 15) is 9.59 Å². The van der Waals surface area contributed by atoms with Crippen molar-refractivity contribution in [2.45, 2.75) is 44.7 Å². The lowest BCUT2D eigenvalue weighted by Crippen LogP contribution is -2.45. The molecule has 4 heterocycles. The van der Waals surface area contributed by atoms with Crippen LogP contribution in [0.25, 0.3) is 21.5 Å². The van der Waals surface area contributed by atoms with Crippen LogP contribution in [0.1, 0.15) is 52.0 Å². The Labute approximate surface area is 351 Å². The second-order valence-corrected chi connectivity index (χ2v) is 16.2. The molecule has 2 N–H and O–H groups in total. The van der Waals surface area contributed by atoms with Crippen LogP contribution < -0.4 is 20.4 Å². The number of piperidine rings is 2. The minimum absolute atomic E-state index is 0.00591. The molecule has 2 saturated heterocycles. The Morgan fingerprint density at radius 2 is 1.02 bits per heavy atom. The number of rotatable bonds is 6. The first kappa shape index (κ1) is 39.9. The summed E-state index contributed by atoms with van der Waals surface area (Å²) >= 11 is 30.5. The fraction of sp³-hybridized carbons (Fsp3) is 0.256. The summed E-state index contributed by atoms with van der Waals surface area (Å²) < 4.78 is 0. The Morgan fingerprint density at radius 1 is 0.571 bits per heavy atom. The van der Waals surface area contributed by atoms with E-state index < -0.39 is 0 Å². The Balaban J connectivity index is 0.000000172. The quantitative estimate of drug-likeness (QED) is 0.174. The molecule has 0 radical (unpaired) electrons. The average molecular weight is 849 g/mol. The van der Waals surface area contributed by atoms with Gasteiger partial charge in [-0.3, -0.25) is 9.59 Å². The van der Waals surface area contributed by atoms with Gasteiger partial charge >= 0.3 is 0 Å². The summed E-state index contributed by atoms with van der Waals surface area (Å²) in [6, 6.07) is 26.6. The van der Waals surface area contributed by atoms with E-state index in [1.165, 1.54) is 12.1 Å². The summed E-state index contributed by atoms with van der Waals surface area (Å²) in [4.78, 5) is 38.8. The van der Waals surface area contributed by atoms with Crippen molar-refractivity contribution in [2.24, 2.45) is 0 Å². The molecule has 2 amide bonds. The number of halogens is 5. The summed E-state index contributed by atoms with van der Waals surface area (Å²) in [6.45, 7) is 5.32. The zero-order valence-electron chi connectivity index (χ0n) is 30.5. The minimum atomic E-state index is -0.284. The van der Waals surface area contributed by atoms with Gasteiger partial charge in [-0.1, -0.05) is 75.7 Å². The summed E-state index contributed by atoms with van der Waals surface area (Å²) in [5, 5.41) is 12.9. The number of nitrogens with one attached hydrogen (secondary N) is 2. The third kappa shape index (κ3) is 9.44. The molecule has 8 rings (SSSR count). The zero-order valence-corrected chi connectivity index (χ0v) is 34.3. The number of aromatic nitrogens is 2. The lowest BCUT2D eigenvalue weighted by Gasteiger charge is -2.33. The molecule has 0 unspecified atom stereocenters. The molecule has 13 heteroatoms. The van der Waals surface area contributed by atoms with E-state index in [0.29, 0.717) is 10.0 Å². The van der Waals surface area contributed by atoms with Gasteiger partial charge in [-0.2, -0.15) is 0 Å². The van der Waals surface area contributed by atoms with Gasteiger partial charge in [-0.25, -0.2) is 9.97 Å². The van der Waals surface area contributed by atoms with Crippen LogP contribution in [-0.2, 0) is 0 Å². The highest BCUT2D eigenvalue weighted by molar-refractivity contribution is 6.42. The van der Waals surface area contributed by atoms with Crippen LogP contribution >= 0.6 is 58.0 Å². The van der Waals surface area contributed by atoms with E-state index >= 15 is 0 Å².